The molecule has 40 heavy (non-hydrogen) atoms. The summed E-state index contributed by atoms with van der Waals surface area (Å²) in [5.41, 5.74) is 8.01. The highest BCUT2D eigenvalue weighted by molar-refractivity contribution is 7.92. The Hall–Kier alpha value is -3.93. The molecule has 1 atom stereocenters. The van der Waals surface area contributed by atoms with Gasteiger partial charge in [0.25, 0.3) is 5.91 Å². The van der Waals surface area contributed by atoms with Crippen molar-refractivity contribution in [3.05, 3.63) is 77.6 Å². The Morgan fingerprint density at radius 2 is 1.77 bits per heavy atom. The van der Waals surface area contributed by atoms with E-state index < -0.39 is 16.1 Å². The van der Waals surface area contributed by atoms with Crippen LogP contribution >= 0.6 is 0 Å². The van der Waals surface area contributed by atoms with Gasteiger partial charge in [0, 0.05) is 30.6 Å². The van der Waals surface area contributed by atoms with Gasteiger partial charge in [-0.3, -0.25) is 9.10 Å². The zero-order valence-electron chi connectivity index (χ0n) is 22.1. The van der Waals surface area contributed by atoms with Crippen molar-refractivity contribution < 1.29 is 31.9 Å². The van der Waals surface area contributed by atoms with Crippen molar-refractivity contribution >= 4 is 32.6 Å². The minimum atomic E-state index is -3.77. The van der Waals surface area contributed by atoms with E-state index >= 15 is 0 Å². The number of ether oxygens (including phenoxy) is 1. The Kier molecular flexibility index (Phi) is 7.54. The molecule has 9 nitrogen and oxygen atoms in total. The van der Waals surface area contributed by atoms with E-state index in [9.17, 15) is 22.7 Å². The maximum Gasteiger partial charge on any atom is 0.255 e. The summed E-state index contributed by atoms with van der Waals surface area (Å²) < 4.78 is 51.9. The zero-order valence-corrected chi connectivity index (χ0v) is 22.9. The van der Waals surface area contributed by atoms with Crippen molar-refractivity contribution in [3.63, 3.8) is 0 Å². The van der Waals surface area contributed by atoms with Gasteiger partial charge in [0.15, 0.2) is 0 Å². The molecule has 1 fully saturated rings. The summed E-state index contributed by atoms with van der Waals surface area (Å²) in [5.74, 6) is 0.700. The third-order valence-corrected chi connectivity index (χ3v) is 7.94. The Morgan fingerprint density at radius 1 is 1.15 bits per heavy atom. The van der Waals surface area contributed by atoms with Gasteiger partial charge in [-0.15, -0.1) is 0 Å². The van der Waals surface area contributed by atoms with Gasteiger partial charge in [0.2, 0.25) is 10.0 Å². The summed E-state index contributed by atoms with van der Waals surface area (Å²) in [7, 11) is -2.24. The van der Waals surface area contributed by atoms with Crippen LogP contribution < -0.4 is 20.1 Å². The number of anilines is 1. The van der Waals surface area contributed by atoms with Crippen LogP contribution in [0.3, 0.4) is 0 Å². The number of rotatable bonds is 10. The van der Waals surface area contributed by atoms with E-state index in [4.69, 9.17) is 14.9 Å². The lowest BCUT2D eigenvalue weighted by atomic mass is 10.00. The zero-order chi connectivity index (χ0) is 28.6. The lowest BCUT2D eigenvalue weighted by Gasteiger charge is -2.27. The molecule has 0 aliphatic heterocycles. The van der Waals surface area contributed by atoms with Crippen LogP contribution in [-0.2, 0) is 10.0 Å². The standard InChI is InChI=1S/C29H30FN3O6S/c1-32-29(35)27-24-13-23(17-3-4-17)25(33(40(2,36)37)16-20(34)15-31)14-26(24)39-28(27)18-5-9-21(10-6-18)38-22-11-7-19(30)8-12-22/h5-14,17,20,34H,3-4,15-16,31H2,1-2H3,(H,32,35). The maximum atomic E-state index is 13.2. The average Bonchev–Trinajstić information content (AvgIpc) is 3.72. The van der Waals surface area contributed by atoms with Gasteiger partial charge in [0.1, 0.15) is 28.7 Å². The minimum absolute atomic E-state index is 0.0976. The van der Waals surface area contributed by atoms with E-state index in [1.165, 1.54) is 31.3 Å². The average molecular weight is 568 g/mol. The van der Waals surface area contributed by atoms with Gasteiger partial charge in [-0.25, -0.2) is 12.8 Å². The number of hydrogen-bond acceptors (Lipinski definition) is 7. The number of carbonyl (C=O) groups is 1. The molecule has 210 valence electrons. The predicted molar refractivity (Wildman–Crippen MR) is 151 cm³/mol. The highest BCUT2D eigenvalue weighted by atomic mass is 32.2. The van der Waals surface area contributed by atoms with Crippen LogP contribution in [0.1, 0.15) is 34.7 Å². The molecule has 4 aromatic rings. The van der Waals surface area contributed by atoms with Crippen molar-refractivity contribution in [1.82, 2.24) is 5.32 Å². The molecule has 0 bridgehead atoms. The number of aliphatic hydroxyl groups excluding tert-OH is 1. The first-order chi connectivity index (χ1) is 19.1. The van der Waals surface area contributed by atoms with Crippen LogP contribution in [0.4, 0.5) is 10.1 Å². The van der Waals surface area contributed by atoms with Gasteiger partial charge in [-0.2, -0.15) is 0 Å². The number of fused-ring (bicyclic) bond motifs is 1. The van der Waals surface area contributed by atoms with Gasteiger partial charge in [-0.1, -0.05) is 0 Å². The van der Waals surface area contributed by atoms with Crippen molar-refractivity contribution in [2.24, 2.45) is 5.73 Å². The van der Waals surface area contributed by atoms with Gasteiger partial charge in [0.05, 0.1) is 30.2 Å². The monoisotopic (exact) mass is 567 g/mol. The number of furan rings is 1. The lowest BCUT2D eigenvalue weighted by Crippen LogP contribution is -2.40. The minimum Gasteiger partial charge on any atom is -0.457 e. The quantitative estimate of drug-likeness (QED) is 0.259. The summed E-state index contributed by atoms with van der Waals surface area (Å²) in [4.78, 5) is 13.1. The number of benzene rings is 3. The molecule has 1 saturated carbocycles. The smallest absolute Gasteiger partial charge is 0.255 e. The number of aliphatic hydroxyl groups is 1. The molecular weight excluding hydrogens is 537 g/mol. The number of carbonyl (C=O) groups excluding carboxylic acids is 1. The molecule has 0 spiro atoms. The fourth-order valence-electron chi connectivity index (χ4n) is 4.63. The van der Waals surface area contributed by atoms with Crippen molar-refractivity contribution in [3.8, 4) is 22.8 Å². The highest BCUT2D eigenvalue weighted by Gasteiger charge is 2.33. The van der Waals surface area contributed by atoms with Crippen LogP contribution in [0, 0.1) is 5.82 Å². The maximum absolute atomic E-state index is 13.2. The molecule has 1 aromatic heterocycles. The number of hydrogen-bond donors (Lipinski definition) is 3. The SMILES string of the molecule is CNC(=O)c1c(-c2ccc(Oc3ccc(F)cc3)cc2)oc2cc(N(CC(O)CN)S(C)(=O)=O)c(C3CC3)cc12. The molecule has 3 aromatic carbocycles. The normalized spacial score (nSPS) is 14.2. The number of nitrogens with one attached hydrogen (secondary N) is 1. The number of nitrogens with zero attached hydrogens (tertiary/aromatic N) is 1. The third kappa shape index (κ3) is 5.67. The second-order valence-corrected chi connectivity index (χ2v) is 11.7. The highest BCUT2D eigenvalue weighted by Crippen LogP contribution is 2.48. The van der Waals surface area contributed by atoms with E-state index in [0.29, 0.717) is 45.0 Å². The van der Waals surface area contributed by atoms with E-state index in [0.717, 1.165) is 29.0 Å². The molecule has 0 saturated heterocycles. The predicted octanol–water partition coefficient (Wildman–Crippen LogP) is 4.35. The second-order valence-electron chi connectivity index (χ2n) is 9.83. The number of sulfonamides is 1. The van der Waals surface area contributed by atoms with Gasteiger partial charge < -0.3 is 25.3 Å². The summed E-state index contributed by atoms with van der Waals surface area (Å²) in [6.45, 7) is -0.300. The number of amides is 1. The molecule has 1 unspecified atom stereocenters. The van der Waals surface area contributed by atoms with E-state index in [-0.39, 0.29) is 30.7 Å². The van der Waals surface area contributed by atoms with Crippen molar-refractivity contribution in [2.75, 3.05) is 30.7 Å². The molecule has 1 aliphatic rings. The van der Waals surface area contributed by atoms with Crippen LogP contribution in [0.5, 0.6) is 11.5 Å². The van der Waals surface area contributed by atoms with Crippen LogP contribution in [-0.4, -0.2) is 51.9 Å². The van der Waals surface area contributed by atoms with Crippen molar-refractivity contribution in [1.29, 1.82) is 0 Å². The van der Waals surface area contributed by atoms with Crippen molar-refractivity contribution in [2.45, 2.75) is 24.9 Å². The molecule has 1 aliphatic carbocycles. The summed E-state index contributed by atoms with van der Waals surface area (Å²) in [6.07, 6.45) is 1.79. The summed E-state index contributed by atoms with van der Waals surface area (Å²) >= 11 is 0. The van der Waals surface area contributed by atoms with E-state index in [1.807, 2.05) is 6.07 Å². The fraction of sp³-hybridized carbons (Fsp3) is 0.276. The first-order valence-corrected chi connectivity index (χ1v) is 14.7. The summed E-state index contributed by atoms with van der Waals surface area (Å²) in [5, 5.41) is 13.4. The van der Waals surface area contributed by atoms with Crippen LogP contribution in [0.25, 0.3) is 22.3 Å². The molecule has 4 N–H and O–H groups in total. The van der Waals surface area contributed by atoms with Crippen LogP contribution in [0.15, 0.2) is 65.1 Å². The molecular formula is C29H30FN3O6S. The first kappa shape index (κ1) is 27.6. The Balaban J connectivity index is 1.60. The third-order valence-electron chi connectivity index (χ3n) is 6.79. The Bertz CT molecular complexity index is 1650. The van der Waals surface area contributed by atoms with E-state index in [1.54, 1.807) is 30.3 Å². The number of nitrogens with two attached hydrogens (primary N) is 1. The molecule has 1 heterocycles. The number of halogens is 1. The summed E-state index contributed by atoms with van der Waals surface area (Å²) in [6, 6.07) is 16.0. The molecule has 0 radical (unpaired) electrons. The second kappa shape index (κ2) is 10.9. The van der Waals surface area contributed by atoms with E-state index in [2.05, 4.69) is 5.32 Å². The fourth-order valence-corrected chi connectivity index (χ4v) is 5.59. The topological polar surface area (TPSA) is 135 Å². The first-order valence-electron chi connectivity index (χ1n) is 12.8. The molecule has 1 amide bonds. The largest absolute Gasteiger partial charge is 0.457 e. The molecule has 11 heteroatoms. The van der Waals surface area contributed by atoms with Gasteiger partial charge in [-0.05, 0) is 78.9 Å². The Morgan fingerprint density at radius 3 is 2.33 bits per heavy atom. The van der Waals surface area contributed by atoms with Crippen LogP contribution in [0.2, 0.25) is 0 Å². The Labute approximate surface area is 231 Å². The lowest BCUT2D eigenvalue weighted by molar-refractivity contribution is 0.0964. The van der Waals surface area contributed by atoms with Gasteiger partial charge >= 0.3 is 0 Å². The molecule has 5 rings (SSSR count).